The number of carbonyl (C=O) groups is 1. The van der Waals surface area contributed by atoms with Gasteiger partial charge in [-0.15, -0.1) is 5.11 Å². The van der Waals surface area contributed by atoms with Crippen molar-refractivity contribution in [3.05, 3.63) is 23.8 Å². The first-order valence-corrected chi connectivity index (χ1v) is 5.90. The van der Waals surface area contributed by atoms with Crippen LogP contribution in [0.1, 0.15) is 12.5 Å². The van der Waals surface area contributed by atoms with E-state index in [1.54, 1.807) is 4.57 Å². The van der Waals surface area contributed by atoms with Crippen molar-refractivity contribution in [1.82, 2.24) is 4.57 Å². The van der Waals surface area contributed by atoms with E-state index in [1.807, 2.05) is 32.0 Å². The van der Waals surface area contributed by atoms with E-state index in [2.05, 4.69) is 15.0 Å². The maximum absolute atomic E-state index is 11.0. The second-order valence-electron chi connectivity index (χ2n) is 4.11. The lowest BCUT2D eigenvalue weighted by atomic mass is 10.1. The van der Waals surface area contributed by atoms with Crippen LogP contribution in [-0.2, 0) is 11.3 Å². The fraction of sp³-hybridized carbons (Fsp3) is 0.308. The van der Waals surface area contributed by atoms with Crippen molar-refractivity contribution in [3.63, 3.8) is 0 Å². The smallest absolute Gasteiger partial charge is 0.452 e. The molecular formula is C13H15N3O3. The molecule has 1 aromatic heterocycles. The fourth-order valence-electron chi connectivity index (χ4n) is 1.99. The van der Waals surface area contributed by atoms with Crippen LogP contribution in [0.3, 0.4) is 0 Å². The minimum atomic E-state index is -0.801. The summed E-state index contributed by atoms with van der Waals surface area (Å²) in [6.45, 7) is 4.46. The van der Waals surface area contributed by atoms with Crippen LogP contribution in [0.25, 0.3) is 10.9 Å². The van der Waals surface area contributed by atoms with Crippen molar-refractivity contribution in [3.8, 4) is 5.88 Å². The summed E-state index contributed by atoms with van der Waals surface area (Å²) in [5.41, 5.74) is 2.17. The SMILES string of the molecule is CCn1c(O)c(N=NC(=O)OC)c2cc(C)ccc21. The maximum Gasteiger partial charge on any atom is 0.452 e. The molecule has 0 spiro atoms. The summed E-state index contributed by atoms with van der Waals surface area (Å²) >= 11 is 0. The Balaban J connectivity index is 2.65. The van der Waals surface area contributed by atoms with E-state index >= 15 is 0 Å². The Morgan fingerprint density at radius 3 is 2.84 bits per heavy atom. The molecule has 0 aliphatic carbocycles. The highest BCUT2D eigenvalue weighted by Gasteiger charge is 2.16. The van der Waals surface area contributed by atoms with Crippen molar-refractivity contribution in [2.45, 2.75) is 20.4 Å². The molecule has 1 aromatic carbocycles. The molecule has 2 aromatic rings. The Bertz CT molecular complexity index is 659. The Labute approximate surface area is 110 Å². The normalized spacial score (nSPS) is 11.3. The summed E-state index contributed by atoms with van der Waals surface area (Å²) in [5, 5.41) is 18.1. The fourth-order valence-corrected chi connectivity index (χ4v) is 1.99. The van der Waals surface area contributed by atoms with Crippen LogP contribution in [0.5, 0.6) is 5.88 Å². The van der Waals surface area contributed by atoms with Gasteiger partial charge in [0.1, 0.15) is 0 Å². The van der Waals surface area contributed by atoms with E-state index in [4.69, 9.17) is 0 Å². The molecule has 1 N–H and O–H groups in total. The molecule has 0 aliphatic rings. The number of amides is 1. The van der Waals surface area contributed by atoms with E-state index in [-0.39, 0.29) is 11.6 Å². The van der Waals surface area contributed by atoms with Gasteiger partial charge in [-0.2, -0.15) is 0 Å². The van der Waals surface area contributed by atoms with Gasteiger partial charge >= 0.3 is 6.09 Å². The average molecular weight is 261 g/mol. The lowest BCUT2D eigenvalue weighted by Crippen LogP contribution is -1.92. The quantitative estimate of drug-likeness (QED) is 0.840. The van der Waals surface area contributed by atoms with Crippen LogP contribution >= 0.6 is 0 Å². The van der Waals surface area contributed by atoms with Crippen LogP contribution in [0.2, 0.25) is 0 Å². The van der Waals surface area contributed by atoms with E-state index in [1.165, 1.54) is 7.11 Å². The van der Waals surface area contributed by atoms with Crippen LogP contribution in [0.15, 0.2) is 28.4 Å². The molecule has 0 saturated heterocycles. The number of benzene rings is 1. The first kappa shape index (κ1) is 13.1. The number of aromatic nitrogens is 1. The van der Waals surface area contributed by atoms with Crippen LogP contribution in [0.4, 0.5) is 10.5 Å². The Kier molecular flexibility index (Phi) is 3.50. The highest BCUT2D eigenvalue weighted by molar-refractivity contribution is 5.95. The summed E-state index contributed by atoms with van der Waals surface area (Å²) in [6, 6.07) is 5.76. The first-order valence-electron chi connectivity index (χ1n) is 5.90. The molecule has 100 valence electrons. The van der Waals surface area contributed by atoms with E-state index in [0.717, 1.165) is 16.5 Å². The predicted octanol–water partition coefficient (Wildman–Crippen LogP) is 3.53. The Morgan fingerprint density at radius 1 is 1.47 bits per heavy atom. The lowest BCUT2D eigenvalue weighted by molar-refractivity contribution is 0.181. The number of hydrogen-bond donors (Lipinski definition) is 1. The standard InChI is InChI=1S/C13H15N3O3/c1-4-16-10-6-5-8(2)7-9(10)11(12(16)17)14-15-13(18)19-3/h5-7,17H,4H2,1-3H3. The van der Waals surface area contributed by atoms with Gasteiger partial charge in [-0.3, -0.25) is 0 Å². The number of hydrogen-bond acceptors (Lipinski definition) is 4. The monoisotopic (exact) mass is 261 g/mol. The van der Waals surface area contributed by atoms with E-state index in [0.29, 0.717) is 6.54 Å². The minimum Gasteiger partial charge on any atom is -0.493 e. The maximum atomic E-state index is 11.0. The summed E-state index contributed by atoms with van der Waals surface area (Å²) in [5.74, 6) is -0.00393. The number of aromatic hydroxyl groups is 1. The number of ether oxygens (including phenoxy) is 1. The zero-order valence-electron chi connectivity index (χ0n) is 11.0. The average Bonchev–Trinajstić information content (AvgIpc) is 2.67. The molecule has 0 atom stereocenters. The van der Waals surface area contributed by atoms with Gasteiger partial charge < -0.3 is 14.4 Å². The van der Waals surface area contributed by atoms with E-state index in [9.17, 15) is 9.90 Å². The summed E-state index contributed by atoms with van der Waals surface area (Å²) in [6.07, 6.45) is -0.801. The first-order chi connectivity index (χ1) is 9.08. The molecule has 2 rings (SSSR count). The lowest BCUT2D eigenvalue weighted by Gasteiger charge is -2.01. The van der Waals surface area contributed by atoms with Gasteiger partial charge in [0.05, 0.1) is 12.6 Å². The Morgan fingerprint density at radius 2 is 2.21 bits per heavy atom. The highest BCUT2D eigenvalue weighted by Crippen LogP contribution is 2.39. The molecule has 1 heterocycles. The predicted molar refractivity (Wildman–Crippen MR) is 70.9 cm³/mol. The van der Waals surface area contributed by atoms with Gasteiger partial charge in [-0.1, -0.05) is 16.7 Å². The van der Waals surface area contributed by atoms with E-state index < -0.39 is 6.09 Å². The highest BCUT2D eigenvalue weighted by atomic mass is 16.5. The zero-order valence-corrected chi connectivity index (χ0v) is 11.0. The third-order valence-corrected chi connectivity index (χ3v) is 2.89. The van der Waals surface area contributed by atoms with Crippen molar-refractivity contribution in [1.29, 1.82) is 0 Å². The van der Waals surface area contributed by atoms with Gasteiger partial charge in [0.25, 0.3) is 0 Å². The molecule has 6 heteroatoms. The zero-order chi connectivity index (χ0) is 14.0. The second-order valence-corrected chi connectivity index (χ2v) is 4.11. The molecule has 0 saturated carbocycles. The molecule has 0 radical (unpaired) electrons. The summed E-state index contributed by atoms with van der Waals surface area (Å²) in [4.78, 5) is 11.0. The van der Waals surface area contributed by atoms with Crippen LogP contribution in [0, 0.1) is 6.92 Å². The molecule has 1 amide bonds. The van der Waals surface area contributed by atoms with Crippen molar-refractivity contribution >= 4 is 22.7 Å². The van der Waals surface area contributed by atoms with Gasteiger partial charge in [0, 0.05) is 11.9 Å². The van der Waals surface area contributed by atoms with Gasteiger partial charge in [-0.25, -0.2) is 4.79 Å². The second kappa shape index (κ2) is 5.09. The number of carbonyl (C=O) groups excluding carboxylic acids is 1. The Hall–Kier alpha value is -2.37. The topological polar surface area (TPSA) is 76.2 Å². The molecule has 0 unspecified atom stereocenters. The molecular weight excluding hydrogens is 246 g/mol. The number of methoxy groups -OCH3 is 1. The van der Waals surface area contributed by atoms with Crippen LogP contribution < -0.4 is 0 Å². The van der Waals surface area contributed by atoms with Crippen molar-refractivity contribution in [2.75, 3.05) is 7.11 Å². The number of azo groups is 1. The largest absolute Gasteiger partial charge is 0.493 e. The third kappa shape index (κ3) is 2.29. The number of rotatable bonds is 2. The minimum absolute atomic E-state index is 0.00393. The molecule has 0 fully saturated rings. The van der Waals surface area contributed by atoms with Gasteiger partial charge in [0.2, 0.25) is 5.88 Å². The van der Waals surface area contributed by atoms with Crippen molar-refractivity contribution < 1.29 is 14.6 Å². The number of fused-ring (bicyclic) bond motifs is 1. The molecule has 0 bridgehead atoms. The molecule has 0 aliphatic heterocycles. The van der Waals surface area contributed by atoms with Crippen molar-refractivity contribution in [2.24, 2.45) is 10.2 Å². The number of nitrogens with zero attached hydrogens (tertiary/aromatic N) is 3. The van der Waals surface area contributed by atoms with Crippen LogP contribution in [-0.4, -0.2) is 22.9 Å². The molecule has 19 heavy (non-hydrogen) atoms. The van der Waals surface area contributed by atoms with Gasteiger partial charge in [0.15, 0.2) is 5.69 Å². The molecule has 6 nitrogen and oxygen atoms in total. The van der Waals surface area contributed by atoms with Gasteiger partial charge in [-0.05, 0) is 26.0 Å². The summed E-state index contributed by atoms with van der Waals surface area (Å²) in [7, 11) is 1.22. The number of aryl methyl sites for hydroxylation is 2. The third-order valence-electron chi connectivity index (χ3n) is 2.89. The summed E-state index contributed by atoms with van der Waals surface area (Å²) < 4.78 is 6.10.